The Morgan fingerprint density at radius 2 is 1.87 bits per heavy atom. The number of alkyl halides is 3. The standard InChI is InChI=1S/C34H36ClF3N10O6/c1-2-24-27(44-7-9-45(10-8-44)31(52)26-28(51)30(40-18-39-26)46-14-19(15-46)17-49)32(53)48-33(42-29(43-48)20-5-11-54-12-6-20)47(24)16-25(50)41-23-4-3-21(13-22(23)35)34(36,37)38/h3-5,13,18-19,49,51H,2,6-12,14-17H2,1H3,(H,41,50). The van der Waals surface area contributed by atoms with Crippen LogP contribution in [0.3, 0.4) is 0 Å². The van der Waals surface area contributed by atoms with Crippen molar-refractivity contribution in [3.8, 4) is 5.75 Å². The fourth-order valence-electron chi connectivity index (χ4n) is 6.82. The largest absolute Gasteiger partial charge is 0.503 e. The fraction of sp³-hybridized carbons (Fsp3) is 0.441. The highest BCUT2D eigenvalue weighted by Crippen LogP contribution is 2.35. The van der Waals surface area contributed by atoms with Crippen LogP contribution in [0.5, 0.6) is 5.75 Å². The van der Waals surface area contributed by atoms with E-state index in [0.29, 0.717) is 44.2 Å². The van der Waals surface area contributed by atoms with Crippen LogP contribution in [0.15, 0.2) is 35.4 Å². The van der Waals surface area contributed by atoms with Crippen molar-refractivity contribution < 1.29 is 37.7 Å². The molecule has 2 fully saturated rings. The van der Waals surface area contributed by atoms with Crippen molar-refractivity contribution in [2.24, 2.45) is 5.92 Å². The lowest BCUT2D eigenvalue weighted by atomic mass is 10.0. The summed E-state index contributed by atoms with van der Waals surface area (Å²) in [4.78, 5) is 59.3. The van der Waals surface area contributed by atoms with Gasteiger partial charge in [-0.05, 0) is 36.6 Å². The number of carbonyl (C=O) groups excluding carboxylic acids is 2. The molecule has 3 aliphatic heterocycles. The molecule has 3 N–H and O–H groups in total. The molecule has 286 valence electrons. The van der Waals surface area contributed by atoms with Gasteiger partial charge in [0.25, 0.3) is 11.5 Å². The molecule has 16 nitrogen and oxygen atoms in total. The van der Waals surface area contributed by atoms with E-state index in [1.165, 1.54) is 11.2 Å². The molecule has 0 aliphatic carbocycles. The first kappa shape index (κ1) is 37.1. The SMILES string of the molecule is CCc1c(N2CCN(C(=O)c3ncnc(N4CC(CO)C4)c3O)CC2)c(=O)n2nc(C3=CCOCC3)nc2n1CC(=O)Nc1ccc(C(F)(F)F)cc1Cl. The van der Waals surface area contributed by atoms with E-state index in [-0.39, 0.29) is 91.1 Å². The first-order valence-corrected chi connectivity index (χ1v) is 17.7. The van der Waals surface area contributed by atoms with Crippen molar-refractivity contribution in [2.45, 2.75) is 32.5 Å². The van der Waals surface area contributed by atoms with Gasteiger partial charge in [0.15, 0.2) is 23.1 Å². The van der Waals surface area contributed by atoms with E-state index in [9.17, 15) is 37.8 Å². The van der Waals surface area contributed by atoms with Crippen molar-refractivity contribution >= 4 is 52.0 Å². The minimum Gasteiger partial charge on any atom is -0.503 e. The Morgan fingerprint density at radius 1 is 1.11 bits per heavy atom. The summed E-state index contributed by atoms with van der Waals surface area (Å²) in [6.45, 7) is 3.92. The molecule has 0 atom stereocenters. The van der Waals surface area contributed by atoms with Crippen LogP contribution in [0, 0.1) is 5.92 Å². The van der Waals surface area contributed by atoms with E-state index < -0.39 is 29.1 Å². The number of aliphatic hydroxyl groups excluding tert-OH is 1. The van der Waals surface area contributed by atoms with Gasteiger partial charge in [-0.25, -0.2) is 9.97 Å². The van der Waals surface area contributed by atoms with Gasteiger partial charge in [0, 0.05) is 51.8 Å². The van der Waals surface area contributed by atoms with Gasteiger partial charge in [-0.2, -0.15) is 22.7 Å². The summed E-state index contributed by atoms with van der Waals surface area (Å²) >= 11 is 6.12. The van der Waals surface area contributed by atoms with Crippen LogP contribution in [0.25, 0.3) is 11.4 Å². The highest BCUT2D eigenvalue weighted by Gasteiger charge is 2.34. The molecular formula is C34H36ClF3N10O6. The normalized spacial score (nSPS) is 16.8. The molecule has 0 bridgehead atoms. The lowest BCUT2D eigenvalue weighted by Gasteiger charge is -2.39. The molecule has 20 heteroatoms. The number of aromatic nitrogens is 6. The summed E-state index contributed by atoms with van der Waals surface area (Å²) < 4.78 is 47.8. The van der Waals surface area contributed by atoms with Gasteiger partial charge in [-0.3, -0.25) is 14.4 Å². The Hall–Kier alpha value is -5.27. The second kappa shape index (κ2) is 14.9. The molecule has 0 saturated carbocycles. The number of aliphatic hydroxyl groups is 1. The van der Waals surface area contributed by atoms with E-state index >= 15 is 0 Å². The van der Waals surface area contributed by atoms with Crippen molar-refractivity contribution in [1.82, 2.24) is 34.0 Å². The predicted octanol–water partition coefficient (Wildman–Crippen LogP) is 2.45. The van der Waals surface area contributed by atoms with Crippen LogP contribution in [0.4, 0.5) is 30.4 Å². The second-order valence-corrected chi connectivity index (χ2v) is 13.5. The van der Waals surface area contributed by atoms with E-state index in [4.69, 9.17) is 16.3 Å². The zero-order chi connectivity index (χ0) is 38.3. The van der Waals surface area contributed by atoms with Gasteiger partial charge in [-0.1, -0.05) is 24.6 Å². The Kier molecular flexibility index (Phi) is 10.2. The number of amides is 2. The molecule has 0 spiro atoms. The van der Waals surface area contributed by atoms with Gasteiger partial charge in [0.2, 0.25) is 11.7 Å². The maximum absolute atomic E-state index is 14.3. The first-order valence-electron chi connectivity index (χ1n) is 17.3. The molecule has 2 amide bonds. The van der Waals surface area contributed by atoms with Gasteiger partial charge in [0.1, 0.15) is 18.6 Å². The number of fused-ring (bicyclic) bond motifs is 1. The minimum absolute atomic E-state index is 0.00650. The molecule has 4 aromatic rings. The molecule has 6 heterocycles. The van der Waals surface area contributed by atoms with Gasteiger partial charge < -0.3 is 39.5 Å². The number of hydrogen-bond acceptors (Lipinski definition) is 12. The zero-order valence-corrected chi connectivity index (χ0v) is 29.8. The summed E-state index contributed by atoms with van der Waals surface area (Å²) in [5.41, 5.74) is -0.163. The number of aromatic hydroxyl groups is 1. The second-order valence-electron chi connectivity index (χ2n) is 13.1. The fourth-order valence-corrected chi connectivity index (χ4v) is 7.05. The zero-order valence-electron chi connectivity index (χ0n) is 29.0. The smallest absolute Gasteiger partial charge is 0.416 e. The van der Waals surface area contributed by atoms with Crippen molar-refractivity contribution in [2.75, 3.05) is 74.2 Å². The maximum Gasteiger partial charge on any atom is 0.416 e. The number of nitrogens with zero attached hydrogens (tertiary/aromatic N) is 9. The molecular weight excluding hydrogens is 737 g/mol. The number of hydrogen-bond donors (Lipinski definition) is 3. The van der Waals surface area contributed by atoms with E-state index in [1.54, 1.807) is 14.4 Å². The van der Waals surface area contributed by atoms with Crippen molar-refractivity contribution in [3.63, 3.8) is 0 Å². The average molecular weight is 773 g/mol. The highest BCUT2D eigenvalue weighted by atomic mass is 35.5. The number of rotatable bonds is 9. The number of carbonyl (C=O) groups is 2. The molecule has 3 aliphatic rings. The average Bonchev–Trinajstić information content (AvgIpc) is 3.60. The molecule has 0 unspecified atom stereocenters. The topological polar surface area (TPSA) is 184 Å². The Labute approximate surface area is 310 Å². The summed E-state index contributed by atoms with van der Waals surface area (Å²) in [6, 6.07) is 2.62. The third-order valence-corrected chi connectivity index (χ3v) is 10.00. The third kappa shape index (κ3) is 7.05. The Morgan fingerprint density at radius 3 is 2.52 bits per heavy atom. The quantitative estimate of drug-likeness (QED) is 0.226. The molecule has 1 aromatic carbocycles. The van der Waals surface area contributed by atoms with Crippen LogP contribution in [0.2, 0.25) is 5.02 Å². The van der Waals surface area contributed by atoms with Crippen LogP contribution in [-0.4, -0.2) is 115 Å². The van der Waals surface area contributed by atoms with Gasteiger partial charge >= 0.3 is 6.18 Å². The summed E-state index contributed by atoms with van der Waals surface area (Å²) in [5, 5.41) is 27.1. The molecule has 54 heavy (non-hydrogen) atoms. The van der Waals surface area contributed by atoms with Crippen LogP contribution < -0.4 is 20.7 Å². The van der Waals surface area contributed by atoms with Crippen molar-refractivity contribution in [1.29, 1.82) is 0 Å². The number of benzene rings is 1. The monoisotopic (exact) mass is 772 g/mol. The summed E-state index contributed by atoms with van der Waals surface area (Å²) in [6.07, 6.45) is -0.812. The number of ether oxygens (including phenoxy) is 1. The van der Waals surface area contributed by atoms with Crippen LogP contribution >= 0.6 is 11.6 Å². The van der Waals surface area contributed by atoms with Crippen LogP contribution in [0.1, 0.15) is 40.9 Å². The minimum atomic E-state index is -4.62. The molecule has 7 rings (SSSR count). The van der Waals surface area contributed by atoms with Gasteiger partial charge in [0.05, 0.1) is 35.2 Å². The summed E-state index contributed by atoms with van der Waals surface area (Å²) in [7, 11) is 0. The number of anilines is 3. The molecule has 3 aromatic heterocycles. The number of nitrogens with one attached hydrogen (secondary N) is 1. The molecule has 2 saturated heterocycles. The number of halogens is 4. The first-order chi connectivity index (χ1) is 25.9. The van der Waals surface area contributed by atoms with E-state index in [2.05, 4.69) is 25.4 Å². The van der Waals surface area contributed by atoms with E-state index in [0.717, 1.165) is 28.3 Å². The lowest BCUT2D eigenvalue weighted by molar-refractivity contribution is -0.137. The maximum atomic E-state index is 14.3. The highest BCUT2D eigenvalue weighted by molar-refractivity contribution is 6.33. The Balaban J connectivity index is 1.18. The predicted molar refractivity (Wildman–Crippen MR) is 190 cm³/mol. The Bertz CT molecular complexity index is 2200. The van der Waals surface area contributed by atoms with Gasteiger partial charge in [-0.15, -0.1) is 5.10 Å². The number of piperazine rings is 1. The van der Waals surface area contributed by atoms with E-state index in [1.807, 2.05) is 13.0 Å². The van der Waals surface area contributed by atoms with Crippen molar-refractivity contribution in [3.05, 3.63) is 68.8 Å². The third-order valence-electron chi connectivity index (χ3n) is 9.69. The molecule has 0 radical (unpaired) electrons. The summed E-state index contributed by atoms with van der Waals surface area (Å²) in [5.74, 6) is -0.845. The van der Waals surface area contributed by atoms with Crippen LogP contribution in [-0.2, 0) is 28.7 Å². The lowest BCUT2D eigenvalue weighted by Crippen LogP contribution is -2.51.